The Bertz CT molecular complexity index is 285. The molecule has 1 heterocycles. The Kier molecular flexibility index (Phi) is 4.89. The standard InChI is InChI=1S/C11H22N4O2/c1-7-4-3-5-8(2)15(7)14-11(17)9(12)6-10(13)16/h7-9H,3-6,12H2,1-2H3,(H2,13,16)(H,14,17). The van der Waals surface area contributed by atoms with Gasteiger partial charge in [-0.15, -0.1) is 0 Å². The lowest BCUT2D eigenvalue weighted by Gasteiger charge is -2.39. The van der Waals surface area contributed by atoms with Gasteiger partial charge < -0.3 is 11.5 Å². The molecular formula is C11H22N4O2. The summed E-state index contributed by atoms with van der Waals surface area (Å²) in [5, 5.41) is 1.92. The zero-order valence-electron chi connectivity index (χ0n) is 10.5. The van der Waals surface area contributed by atoms with Crippen LogP contribution in [0.4, 0.5) is 0 Å². The molecule has 0 bridgehead atoms. The van der Waals surface area contributed by atoms with Crippen LogP contribution in [0.25, 0.3) is 0 Å². The molecule has 5 N–H and O–H groups in total. The maximum Gasteiger partial charge on any atom is 0.251 e. The highest BCUT2D eigenvalue weighted by Gasteiger charge is 2.27. The molecule has 1 aliphatic heterocycles. The van der Waals surface area contributed by atoms with Gasteiger partial charge in [-0.1, -0.05) is 6.42 Å². The van der Waals surface area contributed by atoms with Crippen molar-refractivity contribution in [1.29, 1.82) is 0 Å². The van der Waals surface area contributed by atoms with Crippen molar-refractivity contribution in [2.45, 2.75) is 57.7 Å². The van der Waals surface area contributed by atoms with Crippen molar-refractivity contribution in [3.63, 3.8) is 0 Å². The van der Waals surface area contributed by atoms with E-state index in [0.29, 0.717) is 12.1 Å². The normalized spacial score (nSPS) is 27.5. The molecule has 0 aromatic carbocycles. The van der Waals surface area contributed by atoms with Gasteiger partial charge in [0.1, 0.15) is 0 Å². The zero-order chi connectivity index (χ0) is 13.0. The van der Waals surface area contributed by atoms with Gasteiger partial charge in [0, 0.05) is 12.1 Å². The number of nitrogens with two attached hydrogens (primary N) is 2. The number of nitrogens with one attached hydrogen (secondary N) is 1. The smallest absolute Gasteiger partial charge is 0.251 e. The Hall–Kier alpha value is -1.14. The number of hydrogen-bond acceptors (Lipinski definition) is 4. The third-order valence-corrected chi connectivity index (χ3v) is 3.19. The van der Waals surface area contributed by atoms with E-state index in [1.54, 1.807) is 0 Å². The molecule has 0 aromatic heterocycles. The fourth-order valence-corrected chi connectivity index (χ4v) is 2.16. The van der Waals surface area contributed by atoms with Crippen LogP contribution in [0.1, 0.15) is 39.5 Å². The fraction of sp³-hybridized carbons (Fsp3) is 0.818. The van der Waals surface area contributed by atoms with E-state index in [-0.39, 0.29) is 12.3 Å². The van der Waals surface area contributed by atoms with Crippen LogP contribution < -0.4 is 16.9 Å². The second-order valence-electron chi connectivity index (χ2n) is 4.79. The SMILES string of the molecule is CC1CCCC(C)N1NC(=O)C(N)CC(N)=O. The number of hydrazine groups is 1. The van der Waals surface area contributed by atoms with Gasteiger partial charge in [-0.2, -0.15) is 0 Å². The van der Waals surface area contributed by atoms with Gasteiger partial charge in [0.25, 0.3) is 5.91 Å². The van der Waals surface area contributed by atoms with Crippen molar-refractivity contribution in [1.82, 2.24) is 10.4 Å². The average molecular weight is 242 g/mol. The first-order chi connectivity index (χ1) is 7.91. The molecule has 2 amide bonds. The van der Waals surface area contributed by atoms with E-state index in [4.69, 9.17) is 11.5 Å². The molecule has 6 heteroatoms. The van der Waals surface area contributed by atoms with Crippen molar-refractivity contribution >= 4 is 11.8 Å². The predicted molar refractivity (Wildman–Crippen MR) is 64.5 cm³/mol. The Morgan fingerprint density at radius 3 is 2.35 bits per heavy atom. The highest BCUT2D eigenvalue weighted by molar-refractivity contribution is 5.87. The molecule has 1 saturated heterocycles. The van der Waals surface area contributed by atoms with Crippen LogP contribution in [0.2, 0.25) is 0 Å². The molecule has 3 unspecified atom stereocenters. The highest BCUT2D eigenvalue weighted by atomic mass is 16.2. The first-order valence-corrected chi connectivity index (χ1v) is 6.04. The molecule has 6 nitrogen and oxygen atoms in total. The van der Waals surface area contributed by atoms with Crippen molar-refractivity contribution in [2.75, 3.05) is 0 Å². The van der Waals surface area contributed by atoms with E-state index < -0.39 is 11.9 Å². The molecule has 1 aliphatic rings. The van der Waals surface area contributed by atoms with Crippen LogP contribution in [0.3, 0.4) is 0 Å². The number of hydrogen-bond donors (Lipinski definition) is 3. The summed E-state index contributed by atoms with van der Waals surface area (Å²) in [6.07, 6.45) is 3.15. The lowest BCUT2D eigenvalue weighted by atomic mass is 10.00. The molecule has 1 fully saturated rings. The van der Waals surface area contributed by atoms with Gasteiger partial charge in [-0.25, -0.2) is 5.01 Å². The van der Waals surface area contributed by atoms with Gasteiger partial charge in [0.15, 0.2) is 0 Å². The maximum atomic E-state index is 11.8. The minimum atomic E-state index is -0.867. The van der Waals surface area contributed by atoms with E-state index in [0.717, 1.165) is 12.8 Å². The van der Waals surface area contributed by atoms with Crippen LogP contribution in [-0.2, 0) is 9.59 Å². The summed E-state index contributed by atoms with van der Waals surface area (Å²) in [5.74, 6) is -0.906. The van der Waals surface area contributed by atoms with Gasteiger partial charge in [0.2, 0.25) is 5.91 Å². The van der Waals surface area contributed by atoms with E-state index in [1.165, 1.54) is 6.42 Å². The predicted octanol–water partition coefficient (Wildman–Crippen LogP) is -0.517. The summed E-state index contributed by atoms with van der Waals surface area (Å²) in [4.78, 5) is 22.4. The van der Waals surface area contributed by atoms with Gasteiger partial charge >= 0.3 is 0 Å². The second-order valence-corrected chi connectivity index (χ2v) is 4.79. The molecule has 0 aliphatic carbocycles. The van der Waals surface area contributed by atoms with Gasteiger partial charge in [-0.05, 0) is 26.7 Å². The summed E-state index contributed by atoms with van der Waals surface area (Å²) >= 11 is 0. The second kappa shape index (κ2) is 5.97. The third kappa shape index (κ3) is 3.98. The molecule has 1 rings (SSSR count). The minimum absolute atomic E-state index is 0.123. The minimum Gasteiger partial charge on any atom is -0.370 e. The average Bonchev–Trinajstić information content (AvgIpc) is 2.22. The van der Waals surface area contributed by atoms with Crippen molar-refractivity contribution in [3.8, 4) is 0 Å². The van der Waals surface area contributed by atoms with E-state index in [9.17, 15) is 9.59 Å². The molecule has 0 saturated carbocycles. The number of nitrogens with zero attached hydrogens (tertiary/aromatic N) is 1. The van der Waals surface area contributed by atoms with E-state index >= 15 is 0 Å². The first kappa shape index (κ1) is 13.9. The topological polar surface area (TPSA) is 101 Å². The molecule has 17 heavy (non-hydrogen) atoms. The number of carbonyl (C=O) groups excluding carboxylic acids is 2. The lowest BCUT2D eigenvalue weighted by molar-refractivity contribution is -0.132. The van der Waals surface area contributed by atoms with Crippen LogP contribution in [0.5, 0.6) is 0 Å². The van der Waals surface area contributed by atoms with Gasteiger partial charge in [0.05, 0.1) is 12.5 Å². The lowest BCUT2D eigenvalue weighted by Crippen LogP contribution is -2.57. The molecular weight excluding hydrogens is 220 g/mol. The molecule has 3 atom stereocenters. The van der Waals surface area contributed by atoms with Gasteiger partial charge in [-0.3, -0.25) is 15.0 Å². The van der Waals surface area contributed by atoms with Crippen LogP contribution in [-0.4, -0.2) is 34.9 Å². The van der Waals surface area contributed by atoms with E-state index in [1.807, 2.05) is 5.01 Å². The monoisotopic (exact) mass is 242 g/mol. The molecule has 98 valence electrons. The summed E-state index contributed by atoms with van der Waals surface area (Å²) < 4.78 is 0. The van der Waals surface area contributed by atoms with Crippen molar-refractivity contribution in [3.05, 3.63) is 0 Å². The third-order valence-electron chi connectivity index (χ3n) is 3.19. The molecule has 0 radical (unpaired) electrons. The van der Waals surface area contributed by atoms with Crippen LogP contribution in [0.15, 0.2) is 0 Å². The number of carbonyl (C=O) groups is 2. The van der Waals surface area contributed by atoms with Crippen molar-refractivity contribution < 1.29 is 9.59 Å². The van der Waals surface area contributed by atoms with Crippen LogP contribution >= 0.6 is 0 Å². The molecule has 0 spiro atoms. The Morgan fingerprint density at radius 1 is 1.35 bits per heavy atom. The number of primary amides is 1. The Morgan fingerprint density at radius 2 is 1.88 bits per heavy atom. The number of amides is 2. The highest BCUT2D eigenvalue weighted by Crippen LogP contribution is 2.20. The Labute approximate surface area is 102 Å². The van der Waals surface area contributed by atoms with E-state index in [2.05, 4.69) is 19.3 Å². The van der Waals surface area contributed by atoms with Crippen LogP contribution in [0, 0.1) is 0 Å². The first-order valence-electron chi connectivity index (χ1n) is 6.04. The number of rotatable bonds is 4. The number of piperidine rings is 1. The molecule has 0 aromatic rings. The summed E-state index contributed by atoms with van der Waals surface area (Å²) in [6.45, 7) is 4.13. The maximum absolute atomic E-state index is 11.8. The quantitative estimate of drug-likeness (QED) is 0.617. The summed E-state index contributed by atoms with van der Waals surface area (Å²) in [5.41, 5.74) is 13.4. The fourth-order valence-electron chi connectivity index (χ4n) is 2.16. The van der Waals surface area contributed by atoms with Crippen molar-refractivity contribution in [2.24, 2.45) is 11.5 Å². The Balaban J connectivity index is 2.51. The largest absolute Gasteiger partial charge is 0.370 e. The summed E-state index contributed by atoms with van der Waals surface area (Å²) in [6, 6.07) is -0.277. The zero-order valence-corrected chi connectivity index (χ0v) is 10.5. The summed E-state index contributed by atoms with van der Waals surface area (Å²) in [7, 11) is 0.